The number of morpholine rings is 1. The molecule has 1 saturated heterocycles. The largest absolute Gasteiger partial charge is 0.378 e. The number of hydrogen-bond donors (Lipinski definition) is 1. The van der Waals surface area contributed by atoms with Crippen LogP contribution < -0.4 is 10.6 Å². The molecule has 5 nitrogen and oxygen atoms in total. The smallest absolute Gasteiger partial charge is 0.236 e. The van der Waals surface area contributed by atoms with Crippen LogP contribution in [0.3, 0.4) is 0 Å². The highest BCUT2D eigenvalue weighted by Crippen LogP contribution is 2.25. The van der Waals surface area contributed by atoms with Gasteiger partial charge in [-0.2, -0.15) is 0 Å². The molecule has 3 rings (SSSR count). The number of likely N-dealkylation sites (N-methyl/N-ethyl adjacent to an activating group) is 1. The van der Waals surface area contributed by atoms with Crippen LogP contribution >= 0.6 is 0 Å². The number of ether oxygens (including phenoxy) is 1. The van der Waals surface area contributed by atoms with Crippen LogP contribution in [-0.2, 0) is 16.1 Å². The second-order valence-electron chi connectivity index (χ2n) is 6.30. The van der Waals surface area contributed by atoms with Crippen LogP contribution in [-0.4, -0.2) is 50.7 Å². The monoisotopic (exact) mass is 339 g/mol. The summed E-state index contributed by atoms with van der Waals surface area (Å²) in [6, 6.07) is 16.9. The summed E-state index contributed by atoms with van der Waals surface area (Å²) in [7, 11) is 1.78. The number of rotatable bonds is 5. The third-order valence-electron chi connectivity index (χ3n) is 4.52. The number of nitrogens with zero attached hydrogens (tertiary/aromatic N) is 2. The van der Waals surface area contributed by atoms with Crippen molar-refractivity contribution >= 4 is 11.6 Å². The molecule has 1 heterocycles. The fourth-order valence-electron chi connectivity index (χ4n) is 3.05. The van der Waals surface area contributed by atoms with E-state index in [9.17, 15) is 4.79 Å². The van der Waals surface area contributed by atoms with Crippen molar-refractivity contribution in [3.05, 3.63) is 54.1 Å². The summed E-state index contributed by atoms with van der Waals surface area (Å²) in [6.45, 7) is 4.07. The van der Waals surface area contributed by atoms with Crippen LogP contribution in [0, 0.1) is 0 Å². The minimum Gasteiger partial charge on any atom is -0.378 e. The molecule has 2 N–H and O–H groups in total. The van der Waals surface area contributed by atoms with Gasteiger partial charge in [0.15, 0.2) is 0 Å². The summed E-state index contributed by atoms with van der Waals surface area (Å²) >= 11 is 0. The highest BCUT2D eigenvalue weighted by atomic mass is 16.5. The molecule has 1 fully saturated rings. The first-order valence-electron chi connectivity index (χ1n) is 8.63. The Balaban J connectivity index is 1.73. The van der Waals surface area contributed by atoms with Crippen molar-refractivity contribution < 1.29 is 9.53 Å². The third kappa shape index (κ3) is 4.38. The molecule has 2 aromatic rings. The lowest BCUT2D eigenvalue weighted by molar-refractivity contribution is -0.128. The SMILES string of the molecule is CN(Cc1cccc(-c2ccc(N3CCOCC3)cc2)c1)C(=O)CN. The van der Waals surface area contributed by atoms with Gasteiger partial charge in [0.1, 0.15) is 0 Å². The number of anilines is 1. The van der Waals surface area contributed by atoms with E-state index in [-0.39, 0.29) is 12.5 Å². The maximum atomic E-state index is 11.6. The number of amides is 1. The zero-order valence-corrected chi connectivity index (χ0v) is 14.6. The third-order valence-corrected chi connectivity index (χ3v) is 4.52. The summed E-state index contributed by atoms with van der Waals surface area (Å²) < 4.78 is 5.41. The molecule has 1 aliphatic heterocycles. The molecular weight excluding hydrogens is 314 g/mol. The van der Waals surface area contributed by atoms with Gasteiger partial charge < -0.3 is 20.3 Å². The van der Waals surface area contributed by atoms with E-state index in [0.29, 0.717) is 6.54 Å². The van der Waals surface area contributed by atoms with Crippen LogP contribution in [0.25, 0.3) is 11.1 Å². The van der Waals surface area contributed by atoms with Gasteiger partial charge >= 0.3 is 0 Å². The first kappa shape index (κ1) is 17.5. The molecule has 2 aromatic carbocycles. The van der Waals surface area contributed by atoms with Crippen molar-refractivity contribution in [2.75, 3.05) is 44.8 Å². The van der Waals surface area contributed by atoms with Gasteiger partial charge in [0, 0.05) is 32.4 Å². The number of hydrogen-bond acceptors (Lipinski definition) is 4. The van der Waals surface area contributed by atoms with E-state index >= 15 is 0 Å². The zero-order chi connectivity index (χ0) is 17.6. The Labute approximate surface area is 149 Å². The maximum absolute atomic E-state index is 11.6. The quantitative estimate of drug-likeness (QED) is 0.906. The summed E-state index contributed by atoms with van der Waals surface area (Å²) in [5, 5.41) is 0. The van der Waals surface area contributed by atoms with E-state index in [1.54, 1.807) is 11.9 Å². The molecule has 0 atom stereocenters. The fourth-order valence-corrected chi connectivity index (χ4v) is 3.05. The number of carbonyl (C=O) groups excluding carboxylic acids is 1. The lowest BCUT2D eigenvalue weighted by atomic mass is 10.0. The van der Waals surface area contributed by atoms with E-state index in [1.165, 1.54) is 11.3 Å². The molecule has 5 heteroatoms. The van der Waals surface area contributed by atoms with Gasteiger partial charge in [-0.1, -0.05) is 30.3 Å². The number of benzene rings is 2. The highest BCUT2D eigenvalue weighted by molar-refractivity contribution is 5.77. The standard InChI is InChI=1S/C20H25N3O2/c1-22(20(24)14-21)15-16-3-2-4-18(13-16)17-5-7-19(8-6-17)23-9-11-25-12-10-23/h2-8,13H,9-12,14-15,21H2,1H3. The van der Waals surface area contributed by atoms with Gasteiger partial charge in [-0.05, 0) is 34.9 Å². The Bertz CT molecular complexity index is 709. The lowest BCUT2D eigenvalue weighted by Crippen LogP contribution is -2.36. The minimum atomic E-state index is -0.0553. The molecule has 0 aliphatic carbocycles. The van der Waals surface area contributed by atoms with Crippen LogP contribution in [0.15, 0.2) is 48.5 Å². The molecule has 0 saturated carbocycles. The van der Waals surface area contributed by atoms with Crippen molar-refractivity contribution in [1.29, 1.82) is 0 Å². The van der Waals surface area contributed by atoms with Crippen molar-refractivity contribution in [1.82, 2.24) is 4.90 Å². The molecule has 132 valence electrons. The van der Waals surface area contributed by atoms with Gasteiger partial charge in [0.25, 0.3) is 0 Å². The number of carbonyl (C=O) groups is 1. The summed E-state index contributed by atoms with van der Waals surface area (Å²) in [5.41, 5.74) is 10.1. The maximum Gasteiger partial charge on any atom is 0.236 e. The van der Waals surface area contributed by atoms with Crippen LogP contribution in [0.1, 0.15) is 5.56 Å². The molecule has 0 spiro atoms. The van der Waals surface area contributed by atoms with Crippen molar-refractivity contribution in [2.45, 2.75) is 6.54 Å². The minimum absolute atomic E-state index is 0.0409. The van der Waals surface area contributed by atoms with Gasteiger partial charge in [-0.15, -0.1) is 0 Å². The van der Waals surface area contributed by atoms with Gasteiger partial charge in [0.05, 0.1) is 19.8 Å². The molecule has 1 aliphatic rings. The summed E-state index contributed by atoms with van der Waals surface area (Å²) in [4.78, 5) is 15.6. The Morgan fingerprint density at radius 1 is 1.12 bits per heavy atom. The molecule has 25 heavy (non-hydrogen) atoms. The van der Waals surface area contributed by atoms with E-state index in [0.717, 1.165) is 37.4 Å². The molecule has 0 radical (unpaired) electrons. The summed E-state index contributed by atoms with van der Waals surface area (Å²) in [6.07, 6.45) is 0. The first-order chi connectivity index (χ1) is 12.2. The van der Waals surface area contributed by atoms with Crippen molar-refractivity contribution in [2.24, 2.45) is 5.73 Å². The Morgan fingerprint density at radius 3 is 2.52 bits per heavy atom. The molecule has 0 unspecified atom stereocenters. The van der Waals surface area contributed by atoms with Crippen molar-refractivity contribution in [3.8, 4) is 11.1 Å². The van der Waals surface area contributed by atoms with Gasteiger partial charge in [0.2, 0.25) is 5.91 Å². The van der Waals surface area contributed by atoms with Gasteiger partial charge in [-0.25, -0.2) is 0 Å². The second-order valence-corrected chi connectivity index (χ2v) is 6.30. The molecular formula is C20H25N3O2. The van der Waals surface area contributed by atoms with E-state index in [4.69, 9.17) is 10.5 Å². The summed E-state index contributed by atoms with van der Waals surface area (Å²) in [5.74, 6) is -0.0553. The average molecular weight is 339 g/mol. The predicted octanol–water partition coefficient (Wildman–Crippen LogP) is 2.11. The zero-order valence-electron chi connectivity index (χ0n) is 14.6. The lowest BCUT2D eigenvalue weighted by Gasteiger charge is -2.29. The first-order valence-corrected chi connectivity index (χ1v) is 8.63. The van der Waals surface area contributed by atoms with Crippen LogP contribution in [0.4, 0.5) is 5.69 Å². The highest BCUT2D eigenvalue weighted by Gasteiger charge is 2.11. The van der Waals surface area contributed by atoms with E-state index < -0.39 is 0 Å². The average Bonchev–Trinajstić information content (AvgIpc) is 2.68. The van der Waals surface area contributed by atoms with Crippen LogP contribution in [0.5, 0.6) is 0 Å². The predicted molar refractivity (Wildman–Crippen MR) is 100 cm³/mol. The number of nitrogens with two attached hydrogens (primary N) is 1. The fraction of sp³-hybridized carbons (Fsp3) is 0.350. The second kappa shape index (κ2) is 8.14. The molecule has 1 amide bonds. The van der Waals surface area contributed by atoms with E-state index in [2.05, 4.69) is 41.3 Å². The Hall–Kier alpha value is -2.37. The van der Waals surface area contributed by atoms with Crippen LogP contribution in [0.2, 0.25) is 0 Å². The Morgan fingerprint density at radius 2 is 1.84 bits per heavy atom. The Kier molecular flexibility index (Phi) is 5.68. The topological polar surface area (TPSA) is 58.8 Å². The van der Waals surface area contributed by atoms with Gasteiger partial charge in [-0.3, -0.25) is 4.79 Å². The van der Waals surface area contributed by atoms with Crippen molar-refractivity contribution in [3.63, 3.8) is 0 Å². The van der Waals surface area contributed by atoms with E-state index in [1.807, 2.05) is 12.1 Å². The molecule has 0 bridgehead atoms. The normalized spacial score (nSPS) is 14.4. The molecule has 0 aromatic heterocycles.